The first-order valence-electron chi connectivity index (χ1n) is 5.76. The van der Waals surface area contributed by atoms with Crippen LogP contribution < -0.4 is 5.32 Å². The number of anilines is 1. The van der Waals surface area contributed by atoms with Gasteiger partial charge in [-0.2, -0.15) is 0 Å². The number of aromatic nitrogens is 5. The first-order valence-corrected chi connectivity index (χ1v) is 6.75. The van der Waals surface area contributed by atoms with E-state index in [1.165, 1.54) is 6.33 Å². The summed E-state index contributed by atoms with van der Waals surface area (Å²) in [7, 11) is 1.89. The molecule has 0 fully saturated rings. The van der Waals surface area contributed by atoms with Gasteiger partial charge in [0, 0.05) is 24.7 Å². The van der Waals surface area contributed by atoms with E-state index in [2.05, 4.69) is 30.2 Å². The number of rotatable bonds is 4. The Morgan fingerprint density at radius 2 is 2.21 bits per heavy atom. The van der Waals surface area contributed by atoms with Gasteiger partial charge in [-0.1, -0.05) is 11.8 Å². The number of nitrogens with zero attached hydrogens (tertiary/aromatic N) is 4. The Balaban J connectivity index is 1.80. The van der Waals surface area contributed by atoms with Crippen molar-refractivity contribution in [2.24, 2.45) is 0 Å². The average Bonchev–Trinajstić information content (AvgIpc) is 2.94. The molecule has 3 heterocycles. The molecule has 3 aromatic rings. The van der Waals surface area contributed by atoms with Gasteiger partial charge >= 0.3 is 0 Å². The molecule has 0 amide bonds. The van der Waals surface area contributed by atoms with Crippen molar-refractivity contribution in [1.82, 2.24) is 24.9 Å². The van der Waals surface area contributed by atoms with E-state index in [-0.39, 0.29) is 0 Å². The molecule has 0 spiro atoms. The molecule has 0 unspecified atom stereocenters. The molecule has 0 aliphatic carbocycles. The van der Waals surface area contributed by atoms with Crippen LogP contribution in [-0.4, -0.2) is 32.0 Å². The number of nitrogens with one attached hydrogen (secondary N) is 2. The van der Waals surface area contributed by atoms with Crippen LogP contribution in [0.25, 0.3) is 11.2 Å². The van der Waals surface area contributed by atoms with Crippen molar-refractivity contribution in [3.63, 3.8) is 0 Å². The molecule has 3 aromatic heterocycles. The van der Waals surface area contributed by atoms with Crippen molar-refractivity contribution in [1.29, 1.82) is 0 Å². The summed E-state index contributed by atoms with van der Waals surface area (Å²) < 4.78 is 0. The summed E-state index contributed by atoms with van der Waals surface area (Å²) in [5.41, 5.74) is 3.62. The summed E-state index contributed by atoms with van der Waals surface area (Å²) in [6.45, 7) is 0. The van der Waals surface area contributed by atoms with Crippen LogP contribution in [0.5, 0.6) is 0 Å². The molecule has 0 radical (unpaired) electrons. The average molecular weight is 272 g/mol. The third-order valence-electron chi connectivity index (χ3n) is 2.65. The van der Waals surface area contributed by atoms with Crippen LogP contribution in [0, 0.1) is 0 Å². The van der Waals surface area contributed by atoms with E-state index >= 15 is 0 Å². The second kappa shape index (κ2) is 5.23. The van der Waals surface area contributed by atoms with Crippen molar-refractivity contribution in [2.45, 2.75) is 10.8 Å². The van der Waals surface area contributed by atoms with Crippen molar-refractivity contribution >= 4 is 28.6 Å². The molecule has 0 atom stereocenters. The molecule has 2 N–H and O–H groups in total. The van der Waals surface area contributed by atoms with E-state index < -0.39 is 0 Å². The highest BCUT2D eigenvalue weighted by molar-refractivity contribution is 7.98. The fourth-order valence-corrected chi connectivity index (χ4v) is 2.57. The quantitative estimate of drug-likeness (QED) is 0.559. The van der Waals surface area contributed by atoms with Crippen LogP contribution in [0.3, 0.4) is 0 Å². The molecule has 0 bridgehead atoms. The zero-order valence-electron chi connectivity index (χ0n) is 10.3. The maximum Gasteiger partial charge on any atom is 0.181 e. The van der Waals surface area contributed by atoms with Gasteiger partial charge in [0.25, 0.3) is 0 Å². The number of hydrogen-bond donors (Lipinski definition) is 2. The fraction of sp³-hybridized carbons (Fsp3) is 0.167. The minimum absolute atomic E-state index is 0.689. The Morgan fingerprint density at radius 1 is 1.26 bits per heavy atom. The maximum absolute atomic E-state index is 4.34. The predicted molar refractivity (Wildman–Crippen MR) is 75.0 cm³/mol. The topological polar surface area (TPSA) is 79.4 Å². The van der Waals surface area contributed by atoms with Gasteiger partial charge in [0.2, 0.25) is 0 Å². The summed E-state index contributed by atoms with van der Waals surface area (Å²) in [5, 5.41) is 3.99. The third kappa shape index (κ3) is 2.50. The lowest BCUT2D eigenvalue weighted by atomic mass is 10.3. The lowest BCUT2D eigenvalue weighted by Crippen LogP contribution is -1.93. The molecule has 0 saturated heterocycles. The molecule has 96 valence electrons. The first kappa shape index (κ1) is 11.9. The second-order valence-corrected chi connectivity index (χ2v) is 4.82. The lowest BCUT2D eigenvalue weighted by molar-refractivity contribution is 1.08. The Kier molecular flexibility index (Phi) is 3.28. The number of pyridine rings is 1. The van der Waals surface area contributed by atoms with Crippen molar-refractivity contribution < 1.29 is 0 Å². The Hall–Kier alpha value is -2.15. The molecule has 0 saturated carbocycles. The van der Waals surface area contributed by atoms with Crippen LogP contribution in [0.1, 0.15) is 5.69 Å². The Morgan fingerprint density at radius 3 is 3.11 bits per heavy atom. The number of fused-ring (bicyclic) bond motifs is 1. The molecule has 19 heavy (non-hydrogen) atoms. The zero-order valence-corrected chi connectivity index (χ0v) is 11.1. The van der Waals surface area contributed by atoms with Crippen molar-refractivity contribution in [3.05, 3.63) is 36.7 Å². The maximum atomic E-state index is 4.34. The van der Waals surface area contributed by atoms with Crippen LogP contribution in [0.15, 0.2) is 36.0 Å². The SMILES string of the molecule is CNc1ccnc(CSc2ncnc3nc[nH]c23)c1. The molecule has 7 heteroatoms. The summed E-state index contributed by atoms with van der Waals surface area (Å²) >= 11 is 1.61. The Labute approximate surface area is 114 Å². The van der Waals surface area contributed by atoms with Crippen molar-refractivity contribution in [3.8, 4) is 0 Å². The lowest BCUT2D eigenvalue weighted by Gasteiger charge is -2.04. The number of aromatic amines is 1. The van der Waals surface area contributed by atoms with Gasteiger partial charge in [-0.15, -0.1) is 0 Å². The fourth-order valence-electron chi connectivity index (χ4n) is 1.71. The van der Waals surface area contributed by atoms with E-state index in [4.69, 9.17) is 0 Å². The molecule has 0 aromatic carbocycles. The van der Waals surface area contributed by atoms with Gasteiger partial charge in [-0.25, -0.2) is 15.0 Å². The van der Waals surface area contributed by atoms with Crippen LogP contribution in [0.4, 0.5) is 5.69 Å². The van der Waals surface area contributed by atoms with Gasteiger partial charge in [-0.05, 0) is 12.1 Å². The summed E-state index contributed by atoms with van der Waals surface area (Å²) in [6, 6.07) is 3.96. The van der Waals surface area contributed by atoms with E-state index in [1.54, 1.807) is 24.3 Å². The van der Waals surface area contributed by atoms with Gasteiger partial charge in [0.05, 0.1) is 12.0 Å². The predicted octanol–water partition coefficient (Wildman–Crippen LogP) is 2.08. The standard InChI is InChI=1S/C12H12N6S/c1-13-8-2-3-14-9(4-8)5-19-12-10-11(16-6-15-10)17-7-18-12/h2-4,6-7H,5H2,1H3,(H,13,14)(H,15,16,17,18). The van der Waals surface area contributed by atoms with E-state index in [1.807, 2.05) is 19.2 Å². The number of imidazole rings is 1. The van der Waals surface area contributed by atoms with E-state index in [0.29, 0.717) is 5.65 Å². The second-order valence-electron chi connectivity index (χ2n) is 3.85. The van der Waals surface area contributed by atoms with Crippen LogP contribution in [0.2, 0.25) is 0 Å². The van der Waals surface area contributed by atoms with Gasteiger partial charge in [0.1, 0.15) is 16.9 Å². The number of hydrogen-bond acceptors (Lipinski definition) is 6. The molecule has 6 nitrogen and oxygen atoms in total. The Bertz CT molecular complexity index is 695. The number of thioether (sulfide) groups is 1. The molecular formula is C12H12N6S. The number of H-pyrrole nitrogens is 1. The summed E-state index contributed by atoms with van der Waals surface area (Å²) in [5.74, 6) is 0.751. The zero-order chi connectivity index (χ0) is 13.1. The van der Waals surface area contributed by atoms with E-state index in [0.717, 1.165) is 27.7 Å². The van der Waals surface area contributed by atoms with Crippen molar-refractivity contribution in [2.75, 3.05) is 12.4 Å². The highest BCUT2D eigenvalue weighted by Gasteiger charge is 2.07. The smallest absolute Gasteiger partial charge is 0.181 e. The molecule has 0 aliphatic rings. The minimum Gasteiger partial charge on any atom is -0.388 e. The normalized spacial score (nSPS) is 10.8. The van der Waals surface area contributed by atoms with Gasteiger partial charge < -0.3 is 10.3 Å². The third-order valence-corrected chi connectivity index (χ3v) is 3.67. The monoisotopic (exact) mass is 272 g/mol. The highest BCUT2D eigenvalue weighted by Crippen LogP contribution is 2.25. The summed E-state index contributed by atoms with van der Waals surface area (Å²) in [6.07, 6.45) is 4.96. The van der Waals surface area contributed by atoms with Crippen LogP contribution >= 0.6 is 11.8 Å². The van der Waals surface area contributed by atoms with Crippen LogP contribution in [-0.2, 0) is 5.75 Å². The molecular weight excluding hydrogens is 260 g/mol. The highest BCUT2D eigenvalue weighted by atomic mass is 32.2. The first-order chi connectivity index (χ1) is 9.36. The molecule has 3 rings (SSSR count). The van der Waals surface area contributed by atoms with E-state index in [9.17, 15) is 0 Å². The minimum atomic E-state index is 0.689. The molecule has 0 aliphatic heterocycles. The van der Waals surface area contributed by atoms with Gasteiger partial charge in [-0.3, -0.25) is 4.98 Å². The summed E-state index contributed by atoms with van der Waals surface area (Å²) in [4.78, 5) is 19.9. The largest absolute Gasteiger partial charge is 0.388 e. The van der Waals surface area contributed by atoms with Gasteiger partial charge in [0.15, 0.2) is 5.65 Å².